The number of pyridine rings is 1. The molecule has 1 atom stereocenters. The zero-order valence-electron chi connectivity index (χ0n) is 16.5. The van der Waals surface area contributed by atoms with Crippen LogP contribution in [0.3, 0.4) is 0 Å². The minimum absolute atomic E-state index is 0.0397. The van der Waals surface area contributed by atoms with Crippen LogP contribution < -0.4 is 15.4 Å². The second-order valence-corrected chi connectivity index (χ2v) is 8.22. The van der Waals surface area contributed by atoms with Gasteiger partial charge in [-0.15, -0.1) is 0 Å². The molecular weight excluding hydrogens is 348 g/mol. The summed E-state index contributed by atoms with van der Waals surface area (Å²) < 4.78 is 6.27. The number of likely N-dealkylation sites (tertiary alicyclic amines) is 1. The number of hydrogen-bond donors (Lipinski definition) is 0. The zero-order valence-corrected chi connectivity index (χ0v) is 16.5. The molecule has 1 aromatic carbocycles. The van der Waals surface area contributed by atoms with Crippen LogP contribution in [-0.2, 0) is 0 Å². The zero-order chi connectivity index (χ0) is 18.9. The molecule has 2 aromatic rings. The molecule has 1 aliphatic carbocycles. The van der Waals surface area contributed by atoms with Gasteiger partial charge in [-0.25, -0.2) is 9.98 Å². The Bertz CT molecular complexity index is 930. The van der Waals surface area contributed by atoms with Crippen molar-refractivity contribution in [3.8, 4) is 5.75 Å². The van der Waals surface area contributed by atoms with Crippen LogP contribution in [0.25, 0.3) is 6.20 Å². The Kier molecular flexibility index (Phi) is 4.77. The van der Waals surface area contributed by atoms with Gasteiger partial charge in [0.05, 0.1) is 0 Å². The second kappa shape index (κ2) is 7.55. The van der Waals surface area contributed by atoms with Crippen LogP contribution in [0.4, 0.5) is 0 Å². The summed E-state index contributed by atoms with van der Waals surface area (Å²) in [5.41, 5.74) is 1.96. The molecule has 1 aromatic heterocycles. The normalized spacial score (nSPS) is 23.3. The fourth-order valence-electron chi connectivity index (χ4n) is 4.45. The molecular formula is C23H28N4O. The maximum atomic E-state index is 6.27. The van der Waals surface area contributed by atoms with Crippen LogP contribution in [0, 0.1) is 0 Å². The fourth-order valence-corrected chi connectivity index (χ4v) is 4.45. The summed E-state index contributed by atoms with van der Waals surface area (Å²) in [6.07, 6.45) is 10.7. The third-order valence-electron chi connectivity index (χ3n) is 6.34. The predicted octanol–water partition coefficient (Wildman–Crippen LogP) is 2.48. The van der Waals surface area contributed by atoms with Crippen LogP contribution >= 0.6 is 0 Å². The molecule has 3 aliphatic rings. The van der Waals surface area contributed by atoms with Gasteiger partial charge < -0.3 is 14.5 Å². The van der Waals surface area contributed by atoms with Gasteiger partial charge in [-0.3, -0.25) is 0 Å². The third-order valence-corrected chi connectivity index (χ3v) is 6.34. The summed E-state index contributed by atoms with van der Waals surface area (Å²) in [5, 5.41) is 1.06. The summed E-state index contributed by atoms with van der Waals surface area (Å²) in [7, 11) is 2.06. The Labute approximate surface area is 166 Å². The quantitative estimate of drug-likeness (QED) is 0.822. The number of fused-ring (bicyclic) bond motifs is 1. The van der Waals surface area contributed by atoms with Crippen molar-refractivity contribution in [3.63, 3.8) is 0 Å². The minimum atomic E-state index is -0.0397. The van der Waals surface area contributed by atoms with Crippen molar-refractivity contribution in [3.05, 3.63) is 58.9 Å². The van der Waals surface area contributed by atoms with Crippen molar-refractivity contribution < 1.29 is 4.74 Å². The van der Waals surface area contributed by atoms with Crippen LogP contribution in [0.15, 0.2) is 47.6 Å². The predicted molar refractivity (Wildman–Crippen MR) is 109 cm³/mol. The molecule has 28 heavy (non-hydrogen) atoms. The molecule has 5 rings (SSSR count). The van der Waals surface area contributed by atoms with Gasteiger partial charge in [0.25, 0.3) is 0 Å². The Morgan fingerprint density at radius 1 is 1.00 bits per heavy atom. The molecule has 1 saturated carbocycles. The van der Waals surface area contributed by atoms with Gasteiger partial charge >= 0.3 is 0 Å². The van der Waals surface area contributed by atoms with Crippen LogP contribution in [0.1, 0.15) is 43.8 Å². The van der Waals surface area contributed by atoms with Gasteiger partial charge in [0, 0.05) is 43.8 Å². The van der Waals surface area contributed by atoms with Gasteiger partial charge in [0.2, 0.25) is 0 Å². The Morgan fingerprint density at radius 3 is 2.50 bits per heavy atom. The summed E-state index contributed by atoms with van der Waals surface area (Å²) in [4.78, 5) is 14.0. The summed E-state index contributed by atoms with van der Waals surface area (Å²) >= 11 is 0. The van der Waals surface area contributed by atoms with Gasteiger partial charge in [-0.2, -0.15) is 0 Å². The number of hydrogen-bond acceptors (Lipinski definition) is 5. The number of rotatable bonds is 4. The van der Waals surface area contributed by atoms with Crippen molar-refractivity contribution in [1.29, 1.82) is 0 Å². The minimum Gasteiger partial charge on any atom is -0.490 e. The van der Waals surface area contributed by atoms with E-state index in [-0.39, 0.29) is 6.17 Å². The molecule has 0 amide bonds. The number of piperidine rings is 1. The van der Waals surface area contributed by atoms with E-state index in [1.807, 2.05) is 12.1 Å². The number of ether oxygens (including phenoxy) is 1. The van der Waals surface area contributed by atoms with E-state index in [1.54, 1.807) is 6.20 Å². The maximum Gasteiger partial charge on any atom is 0.158 e. The van der Waals surface area contributed by atoms with Crippen molar-refractivity contribution in [1.82, 2.24) is 14.8 Å². The maximum absolute atomic E-state index is 6.27. The smallest absolute Gasteiger partial charge is 0.158 e. The van der Waals surface area contributed by atoms with Gasteiger partial charge in [0.15, 0.2) is 5.49 Å². The topological polar surface area (TPSA) is 41.0 Å². The Morgan fingerprint density at radius 2 is 1.79 bits per heavy atom. The summed E-state index contributed by atoms with van der Waals surface area (Å²) in [6.45, 7) is 2.36. The monoisotopic (exact) mass is 376 g/mol. The van der Waals surface area contributed by atoms with E-state index < -0.39 is 0 Å². The van der Waals surface area contributed by atoms with Crippen molar-refractivity contribution in [2.75, 3.05) is 20.1 Å². The molecule has 2 fully saturated rings. The Hall–Kier alpha value is -2.40. The van der Waals surface area contributed by atoms with E-state index in [2.05, 4.69) is 52.3 Å². The second-order valence-electron chi connectivity index (χ2n) is 8.22. The van der Waals surface area contributed by atoms with Gasteiger partial charge in [-0.05, 0) is 55.5 Å². The first kappa shape index (κ1) is 17.7. The van der Waals surface area contributed by atoms with Gasteiger partial charge in [0.1, 0.15) is 18.0 Å². The number of nitrogens with zero attached hydrogens (tertiary/aromatic N) is 4. The lowest BCUT2D eigenvalue weighted by Crippen LogP contribution is -2.46. The largest absolute Gasteiger partial charge is 0.490 e. The molecule has 5 nitrogen and oxygen atoms in total. The standard InChI is InChI=1S/C23H28N4O/c1-26-16-18-4-3-13-24-22(18)25-23(26)17-7-9-20(10-8-17)28-21-11-14-27(15-12-21)19-5-2-6-19/h3-4,7-10,13,16,19,21,23H,2,5-6,11-12,14-15H2,1H3. The molecule has 0 spiro atoms. The highest BCUT2D eigenvalue weighted by Crippen LogP contribution is 2.29. The van der Waals surface area contributed by atoms with Crippen molar-refractivity contribution in [2.45, 2.75) is 50.4 Å². The van der Waals surface area contributed by atoms with E-state index in [0.717, 1.165) is 40.9 Å². The van der Waals surface area contributed by atoms with Crippen LogP contribution in [0.5, 0.6) is 5.75 Å². The highest BCUT2D eigenvalue weighted by molar-refractivity contribution is 5.32. The molecule has 0 bridgehead atoms. The molecule has 2 aliphatic heterocycles. The SMILES string of the molecule is CN1C=c2cccnc2=NC1c1ccc(OC2CCN(C3CCC3)CC2)cc1. The first-order valence-corrected chi connectivity index (χ1v) is 10.5. The highest BCUT2D eigenvalue weighted by atomic mass is 16.5. The highest BCUT2D eigenvalue weighted by Gasteiger charge is 2.29. The molecule has 5 heteroatoms. The molecule has 146 valence electrons. The first-order valence-electron chi connectivity index (χ1n) is 10.5. The lowest BCUT2D eigenvalue weighted by atomic mass is 9.90. The molecule has 1 unspecified atom stereocenters. The first-order chi connectivity index (χ1) is 13.8. The van der Waals surface area contributed by atoms with Gasteiger partial charge in [-0.1, -0.05) is 18.6 Å². The fraction of sp³-hybridized carbons (Fsp3) is 0.478. The lowest BCUT2D eigenvalue weighted by molar-refractivity contribution is 0.0493. The molecule has 3 heterocycles. The number of aromatic nitrogens is 1. The van der Waals surface area contributed by atoms with E-state index in [4.69, 9.17) is 9.73 Å². The Balaban J connectivity index is 1.23. The third kappa shape index (κ3) is 3.51. The average molecular weight is 377 g/mol. The van der Waals surface area contributed by atoms with E-state index in [1.165, 1.54) is 32.4 Å². The van der Waals surface area contributed by atoms with Crippen molar-refractivity contribution >= 4 is 6.20 Å². The van der Waals surface area contributed by atoms with E-state index in [0.29, 0.717) is 6.10 Å². The van der Waals surface area contributed by atoms with Crippen molar-refractivity contribution in [2.24, 2.45) is 4.99 Å². The van der Waals surface area contributed by atoms with Crippen LogP contribution in [0.2, 0.25) is 0 Å². The average Bonchev–Trinajstić information content (AvgIpc) is 2.68. The van der Waals surface area contributed by atoms with Crippen LogP contribution in [-0.4, -0.2) is 47.1 Å². The summed E-state index contributed by atoms with van der Waals surface area (Å²) in [5.74, 6) is 0.965. The molecule has 0 N–H and O–H groups in total. The van der Waals surface area contributed by atoms with E-state index in [9.17, 15) is 0 Å². The lowest BCUT2D eigenvalue weighted by Gasteiger charge is -2.41. The summed E-state index contributed by atoms with van der Waals surface area (Å²) in [6, 6.07) is 13.3. The molecule has 1 saturated heterocycles. The van der Waals surface area contributed by atoms with E-state index >= 15 is 0 Å². The molecule has 0 radical (unpaired) electrons. The number of benzene rings is 1.